The van der Waals surface area contributed by atoms with Crippen LogP contribution in [-0.2, 0) is 32.3 Å². The fourth-order valence-electron chi connectivity index (χ4n) is 3.87. The van der Waals surface area contributed by atoms with Gasteiger partial charge in [-0.15, -0.1) is 0 Å². The standard InChI is InChI=1S/C29H24N2O7/c32-27(37-18-20-9-3-1-4-10-20)17-25(29(34)38-19-21-11-5-2-6-12-21)30-28(33)24-15-7-14-23-22(24)13-8-16-26(23)31(35)36/h1-16,25H,17-19H2,(H,30,33)/t25-/m1/s1. The SMILES string of the molecule is O=C(C[C@@H](NC(=O)c1cccc2c([N+](=O)[O-])cccc12)C(=O)OCc1ccccc1)OCc1ccccc1. The first-order valence-corrected chi connectivity index (χ1v) is 11.8. The molecule has 1 N–H and O–H groups in total. The lowest BCUT2D eigenvalue weighted by Crippen LogP contribution is -2.43. The second-order valence-electron chi connectivity index (χ2n) is 8.40. The predicted octanol–water partition coefficient (Wildman–Crippen LogP) is 4.72. The summed E-state index contributed by atoms with van der Waals surface area (Å²) in [6.07, 6.45) is -0.461. The van der Waals surface area contributed by atoms with Crippen LogP contribution < -0.4 is 5.32 Å². The first-order valence-electron chi connectivity index (χ1n) is 11.8. The Balaban J connectivity index is 1.53. The molecule has 0 aliphatic rings. The van der Waals surface area contributed by atoms with Gasteiger partial charge in [-0.2, -0.15) is 0 Å². The van der Waals surface area contributed by atoms with E-state index in [9.17, 15) is 24.5 Å². The van der Waals surface area contributed by atoms with Crippen molar-refractivity contribution in [3.63, 3.8) is 0 Å². The zero-order valence-corrected chi connectivity index (χ0v) is 20.2. The average Bonchev–Trinajstić information content (AvgIpc) is 2.94. The van der Waals surface area contributed by atoms with E-state index < -0.39 is 35.2 Å². The molecule has 192 valence electrons. The molecule has 0 radical (unpaired) electrons. The molecule has 0 unspecified atom stereocenters. The van der Waals surface area contributed by atoms with E-state index in [0.29, 0.717) is 5.39 Å². The summed E-state index contributed by atoms with van der Waals surface area (Å²) in [5.74, 6) is -2.21. The smallest absolute Gasteiger partial charge is 0.329 e. The summed E-state index contributed by atoms with van der Waals surface area (Å²) in [6, 6.07) is 25.6. The molecule has 0 aromatic heterocycles. The molecule has 0 bridgehead atoms. The fourth-order valence-corrected chi connectivity index (χ4v) is 3.87. The van der Waals surface area contributed by atoms with Crippen molar-refractivity contribution in [2.45, 2.75) is 25.7 Å². The maximum atomic E-state index is 13.2. The molecule has 0 fully saturated rings. The monoisotopic (exact) mass is 512 g/mol. The van der Waals surface area contributed by atoms with Crippen molar-refractivity contribution in [3.05, 3.63) is 124 Å². The van der Waals surface area contributed by atoms with E-state index in [2.05, 4.69) is 5.32 Å². The number of benzene rings is 4. The number of hydrogen-bond acceptors (Lipinski definition) is 7. The summed E-state index contributed by atoms with van der Waals surface area (Å²) in [7, 11) is 0. The van der Waals surface area contributed by atoms with Gasteiger partial charge in [0.15, 0.2) is 0 Å². The normalized spacial score (nSPS) is 11.4. The van der Waals surface area contributed by atoms with Crippen LogP contribution in [0.25, 0.3) is 10.8 Å². The van der Waals surface area contributed by atoms with E-state index >= 15 is 0 Å². The third-order valence-corrected chi connectivity index (χ3v) is 5.77. The molecule has 4 rings (SSSR count). The summed E-state index contributed by atoms with van der Waals surface area (Å²) >= 11 is 0. The highest BCUT2D eigenvalue weighted by Crippen LogP contribution is 2.28. The van der Waals surface area contributed by atoms with E-state index in [1.165, 1.54) is 30.3 Å². The van der Waals surface area contributed by atoms with Crippen molar-refractivity contribution in [1.82, 2.24) is 5.32 Å². The molecule has 1 amide bonds. The van der Waals surface area contributed by atoms with Crippen molar-refractivity contribution < 1.29 is 28.8 Å². The van der Waals surface area contributed by atoms with Gasteiger partial charge in [-0.25, -0.2) is 4.79 Å². The Labute approximate surface area is 218 Å². The highest BCUT2D eigenvalue weighted by molar-refractivity contribution is 6.10. The number of carbonyl (C=O) groups is 3. The minimum Gasteiger partial charge on any atom is -0.461 e. The lowest BCUT2D eigenvalue weighted by molar-refractivity contribution is -0.383. The number of esters is 2. The first kappa shape index (κ1) is 26.0. The van der Waals surface area contributed by atoms with Crippen molar-refractivity contribution in [3.8, 4) is 0 Å². The van der Waals surface area contributed by atoms with Crippen LogP contribution in [0.4, 0.5) is 5.69 Å². The van der Waals surface area contributed by atoms with E-state index in [1.807, 2.05) is 24.3 Å². The van der Waals surface area contributed by atoms with Crippen LogP contribution in [0.3, 0.4) is 0 Å². The Morgan fingerprint density at radius 2 is 1.32 bits per heavy atom. The average molecular weight is 513 g/mol. The number of non-ortho nitro benzene ring substituents is 1. The zero-order chi connectivity index (χ0) is 26.9. The van der Waals surface area contributed by atoms with Crippen LogP contribution in [-0.4, -0.2) is 28.8 Å². The first-order chi connectivity index (χ1) is 18.4. The molecule has 38 heavy (non-hydrogen) atoms. The van der Waals surface area contributed by atoms with Crippen molar-refractivity contribution >= 4 is 34.3 Å². The van der Waals surface area contributed by atoms with Gasteiger partial charge in [0, 0.05) is 17.0 Å². The lowest BCUT2D eigenvalue weighted by atomic mass is 10.0. The largest absolute Gasteiger partial charge is 0.461 e. The molecular formula is C29H24N2O7. The Morgan fingerprint density at radius 3 is 1.95 bits per heavy atom. The number of ether oxygens (including phenoxy) is 2. The molecule has 1 atom stereocenters. The molecular weight excluding hydrogens is 488 g/mol. The fraction of sp³-hybridized carbons (Fsp3) is 0.138. The third kappa shape index (κ3) is 6.58. The summed E-state index contributed by atoms with van der Waals surface area (Å²) < 4.78 is 10.7. The van der Waals surface area contributed by atoms with Crippen molar-refractivity contribution in [2.75, 3.05) is 0 Å². The maximum Gasteiger partial charge on any atom is 0.329 e. The van der Waals surface area contributed by atoms with Gasteiger partial charge in [-0.1, -0.05) is 78.9 Å². The van der Waals surface area contributed by atoms with Crippen LogP contribution in [0.15, 0.2) is 97.1 Å². The Bertz CT molecular complexity index is 1460. The molecule has 0 aliphatic carbocycles. The molecule has 4 aromatic carbocycles. The third-order valence-electron chi connectivity index (χ3n) is 5.77. The lowest BCUT2D eigenvalue weighted by Gasteiger charge is -2.18. The number of nitrogens with one attached hydrogen (secondary N) is 1. The number of nitrogens with zero attached hydrogens (tertiary/aromatic N) is 1. The number of carbonyl (C=O) groups excluding carboxylic acids is 3. The van der Waals surface area contributed by atoms with Crippen LogP contribution in [0.1, 0.15) is 27.9 Å². The molecule has 9 nitrogen and oxygen atoms in total. The Hall–Kier alpha value is -5.05. The number of rotatable bonds is 10. The number of hydrogen-bond donors (Lipinski definition) is 1. The van der Waals surface area contributed by atoms with Crippen LogP contribution in [0.2, 0.25) is 0 Å². The van der Waals surface area contributed by atoms with E-state index in [-0.39, 0.29) is 29.9 Å². The summed E-state index contributed by atoms with van der Waals surface area (Å²) in [6.45, 7) is -0.0437. The minimum atomic E-state index is -1.34. The highest BCUT2D eigenvalue weighted by atomic mass is 16.6. The summed E-state index contributed by atoms with van der Waals surface area (Å²) in [5, 5.41) is 14.6. The molecule has 0 aliphatic heterocycles. The molecule has 0 saturated carbocycles. The van der Waals surface area contributed by atoms with Gasteiger partial charge in [-0.3, -0.25) is 19.7 Å². The van der Waals surface area contributed by atoms with Crippen LogP contribution in [0, 0.1) is 10.1 Å². The van der Waals surface area contributed by atoms with Crippen LogP contribution >= 0.6 is 0 Å². The second kappa shape index (κ2) is 12.3. The molecule has 0 saturated heterocycles. The van der Waals surface area contributed by atoms with Gasteiger partial charge in [0.1, 0.15) is 19.3 Å². The maximum absolute atomic E-state index is 13.2. The summed E-state index contributed by atoms with van der Waals surface area (Å²) in [4.78, 5) is 49.7. The number of fused-ring (bicyclic) bond motifs is 1. The second-order valence-corrected chi connectivity index (χ2v) is 8.40. The highest BCUT2D eigenvalue weighted by Gasteiger charge is 2.28. The predicted molar refractivity (Wildman–Crippen MR) is 139 cm³/mol. The molecule has 0 heterocycles. The van der Waals surface area contributed by atoms with Gasteiger partial charge in [0.25, 0.3) is 11.6 Å². The van der Waals surface area contributed by atoms with Crippen molar-refractivity contribution in [2.24, 2.45) is 0 Å². The molecule has 9 heteroatoms. The van der Waals surface area contributed by atoms with Gasteiger partial charge in [-0.05, 0) is 23.3 Å². The van der Waals surface area contributed by atoms with Gasteiger partial charge in [0.2, 0.25) is 0 Å². The van der Waals surface area contributed by atoms with Gasteiger partial charge < -0.3 is 14.8 Å². The summed E-state index contributed by atoms with van der Waals surface area (Å²) in [5.41, 5.74) is 1.47. The van der Waals surface area contributed by atoms with E-state index in [4.69, 9.17) is 9.47 Å². The van der Waals surface area contributed by atoms with Crippen molar-refractivity contribution in [1.29, 1.82) is 0 Å². The van der Waals surface area contributed by atoms with E-state index in [1.54, 1.807) is 42.5 Å². The molecule has 4 aromatic rings. The van der Waals surface area contributed by atoms with Gasteiger partial charge >= 0.3 is 11.9 Å². The quantitative estimate of drug-likeness (QED) is 0.185. The van der Waals surface area contributed by atoms with E-state index in [0.717, 1.165) is 11.1 Å². The number of nitro benzene ring substituents is 1. The zero-order valence-electron chi connectivity index (χ0n) is 20.2. The Kier molecular flexibility index (Phi) is 8.40. The number of amides is 1. The Morgan fingerprint density at radius 1 is 0.737 bits per heavy atom. The van der Waals surface area contributed by atoms with Gasteiger partial charge in [0.05, 0.1) is 16.7 Å². The topological polar surface area (TPSA) is 125 Å². The van der Waals surface area contributed by atoms with Crippen LogP contribution in [0.5, 0.6) is 0 Å². The molecule has 0 spiro atoms. The minimum absolute atomic E-state index is 0.00634. The number of nitro groups is 1.